The van der Waals surface area contributed by atoms with Gasteiger partial charge in [0.05, 0.1) is 57.4 Å². The number of pyridine rings is 1. The summed E-state index contributed by atoms with van der Waals surface area (Å²) in [5.74, 6) is -1.31. The standard InChI is InChI=1S/C28H24ClF2N7O2/c1-28(20-3-2-4-21(29)23(20)31)13-38(17-6-5-16-8-32-14-37(16)12-17)26(40)19-9-33-27(35-24(19)28)34-15-10-36(11-15)25(39)18-7-22(18)30/h2-6,8-9,12,14-15,18,22H,7,10-11,13H2,1H3,(H,33,34,35)/t18-,22+,28-/m1/s1. The van der Waals surface area contributed by atoms with Gasteiger partial charge in [-0.2, -0.15) is 0 Å². The number of carbonyl (C=O) groups excluding carboxylic acids is 2. The number of alkyl halides is 1. The summed E-state index contributed by atoms with van der Waals surface area (Å²) in [6, 6.07) is 8.36. The Balaban J connectivity index is 1.24. The van der Waals surface area contributed by atoms with Crippen LogP contribution < -0.4 is 10.2 Å². The highest BCUT2D eigenvalue weighted by molar-refractivity contribution is 6.30. The quantitative estimate of drug-likeness (QED) is 0.396. The van der Waals surface area contributed by atoms with E-state index >= 15 is 4.39 Å². The molecule has 0 radical (unpaired) electrons. The van der Waals surface area contributed by atoms with Crippen LogP contribution in [0.3, 0.4) is 0 Å². The summed E-state index contributed by atoms with van der Waals surface area (Å²) >= 11 is 6.19. The van der Waals surface area contributed by atoms with Crippen LogP contribution in [0.4, 0.5) is 20.4 Å². The number of anilines is 2. The largest absolute Gasteiger partial charge is 0.348 e. The van der Waals surface area contributed by atoms with Crippen molar-refractivity contribution in [3.05, 3.63) is 82.9 Å². The van der Waals surface area contributed by atoms with Crippen LogP contribution in [0.15, 0.2) is 55.2 Å². The number of rotatable bonds is 5. The van der Waals surface area contributed by atoms with Crippen LogP contribution >= 0.6 is 11.6 Å². The van der Waals surface area contributed by atoms with Gasteiger partial charge in [-0.1, -0.05) is 23.7 Å². The second kappa shape index (κ2) is 8.95. The molecular formula is C28H24ClF2N7O2. The summed E-state index contributed by atoms with van der Waals surface area (Å²) in [5, 5.41) is 3.18. The van der Waals surface area contributed by atoms with Crippen molar-refractivity contribution < 1.29 is 18.4 Å². The molecule has 2 fully saturated rings. The maximum absolute atomic E-state index is 15.5. The van der Waals surface area contributed by atoms with Crippen molar-refractivity contribution in [2.45, 2.75) is 31.0 Å². The van der Waals surface area contributed by atoms with Gasteiger partial charge in [0, 0.05) is 37.6 Å². The minimum Gasteiger partial charge on any atom is -0.348 e. The molecule has 3 aliphatic rings. The molecule has 12 heteroatoms. The van der Waals surface area contributed by atoms with Gasteiger partial charge in [-0.15, -0.1) is 0 Å². The lowest BCUT2D eigenvalue weighted by Gasteiger charge is -2.42. The minimum atomic E-state index is -1.08. The topological polar surface area (TPSA) is 95.7 Å². The van der Waals surface area contributed by atoms with E-state index in [2.05, 4.69) is 15.3 Å². The minimum absolute atomic E-state index is 0.0265. The van der Waals surface area contributed by atoms with E-state index in [1.807, 2.05) is 23.5 Å². The Labute approximate surface area is 232 Å². The van der Waals surface area contributed by atoms with Gasteiger partial charge >= 0.3 is 0 Å². The Hall–Kier alpha value is -4.12. The molecule has 1 aliphatic carbocycles. The molecule has 40 heavy (non-hydrogen) atoms. The maximum atomic E-state index is 15.5. The van der Waals surface area contributed by atoms with Crippen molar-refractivity contribution in [1.82, 2.24) is 24.3 Å². The fourth-order valence-electron chi connectivity index (χ4n) is 5.64. The fraction of sp³-hybridized carbons (Fsp3) is 0.321. The Morgan fingerprint density at radius 1 is 1.20 bits per heavy atom. The third kappa shape index (κ3) is 3.90. The van der Waals surface area contributed by atoms with Crippen LogP contribution in [0.5, 0.6) is 0 Å². The Bertz CT molecular complexity index is 1690. The van der Waals surface area contributed by atoms with E-state index < -0.39 is 23.3 Å². The van der Waals surface area contributed by atoms with Gasteiger partial charge in [0.2, 0.25) is 11.9 Å². The first-order valence-electron chi connectivity index (χ1n) is 13.0. The zero-order valence-electron chi connectivity index (χ0n) is 21.4. The number of halogens is 3. The van der Waals surface area contributed by atoms with Crippen LogP contribution in [0.1, 0.15) is 35.0 Å². The number of nitrogens with one attached hydrogen (secondary N) is 1. The van der Waals surface area contributed by atoms with Crippen molar-refractivity contribution in [1.29, 1.82) is 0 Å². The SMILES string of the molecule is C[C@]1(c2cccc(Cl)c2F)CN(c2ccc3cncn3c2)C(=O)c2cnc(NC3CN(C(=O)[C@@H]4C[C@@H]4F)C3)nc21. The average Bonchev–Trinajstić information content (AvgIpc) is 3.47. The zero-order chi connectivity index (χ0) is 27.8. The first kappa shape index (κ1) is 24.9. The van der Waals surface area contributed by atoms with Crippen LogP contribution in [0, 0.1) is 11.7 Å². The van der Waals surface area contributed by atoms with Crippen molar-refractivity contribution >= 4 is 40.6 Å². The number of fused-ring (bicyclic) bond motifs is 2. The Morgan fingerprint density at radius 3 is 2.77 bits per heavy atom. The smallest absolute Gasteiger partial charge is 0.261 e. The van der Waals surface area contributed by atoms with Crippen molar-refractivity contribution in [3.63, 3.8) is 0 Å². The fourth-order valence-corrected chi connectivity index (χ4v) is 5.82. The number of hydrogen-bond donors (Lipinski definition) is 1. The molecule has 0 unspecified atom stereocenters. The predicted molar refractivity (Wildman–Crippen MR) is 144 cm³/mol. The molecule has 1 saturated heterocycles. The molecule has 9 nitrogen and oxygen atoms in total. The van der Waals surface area contributed by atoms with E-state index in [0.717, 1.165) is 5.52 Å². The molecule has 5 heterocycles. The number of benzene rings is 1. The third-order valence-electron chi connectivity index (χ3n) is 8.07. The monoisotopic (exact) mass is 563 g/mol. The van der Waals surface area contributed by atoms with Crippen LogP contribution in [-0.4, -0.2) is 67.9 Å². The molecule has 1 aromatic carbocycles. The molecule has 0 spiro atoms. The van der Waals surface area contributed by atoms with Crippen molar-refractivity contribution in [3.8, 4) is 0 Å². The summed E-state index contributed by atoms with van der Waals surface area (Å²) in [6.45, 7) is 2.75. The first-order valence-corrected chi connectivity index (χ1v) is 13.4. The molecular weight excluding hydrogens is 540 g/mol. The zero-order valence-corrected chi connectivity index (χ0v) is 22.1. The van der Waals surface area contributed by atoms with Gasteiger partial charge < -0.3 is 19.5 Å². The van der Waals surface area contributed by atoms with E-state index in [0.29, 0.717) is 36.5 Å². The molecule has 2 aliphatic heterocycles. The number of imidazole rings is 1. The normalized spacial score (nSPS) is 24.1. The molecule has 4 aromatic rings. The second-order valence-corrected chi connectivity index (χ2v) is 11.2. The van der Waals surface area contributed by atoms with E-state index in [4.69, 9.17) is 16.6 Å². The Kier molecular flexibility index (Phi) is 5.57. The van der Waals surface area contributed by atoms with Crippen LogP contribution in [-0.2, 0) is 10.2 Å². The molecule has 3 atom stereocenters. The number of carbonyl (C=O) groups is 2. The summed E-state index contributed by atoms with van der Waals surface area (Å²) in [4.78, 5) is 42.5. The molecule has 3 aromatic heterocycles. The van der Waals surface area contributed by atoms with Gasteiger partial charge in [0.1, 0.15) is 12.0 Å². The summed E-state index contributed by atoms with van der Waals surface area (Å²) < 4.78 is 30.6. The summed E-state index contributed by atoms with van der Waals surface area (Å²) in [6.07, 6.45) is 5.87. The molecule has 0 bridgehead atoms. The number of nitrogens with zero attached hydrogens (tertiary/aromatic N) is 6. The van der Waals surface area contributed by atoms with Crippen LogP contribution in [0.25, 0.3) is 5.52 Å². The molecule has 204 valence electrons. The number of amides is 2. The second-order valence-electron chi connectivity index (χ2n) is 10.8. The highest BCUT2D eigenvalue weighted by atomic mass is 35.5. The summed E-state index contributed by atoms with van der Waals surface area (Å²) in [5.41, 5.74) is 1.33. The van der Waals surface area contributed by atoms with Gasteiger partial charge in [0.25, 0.3) is 5.91 Å². The maximum Gasteiger partial charge on any atom is 0.261 e. The van der Waals surface area contributed by atoms with E-state index in [1.54, 1.807) is 40.7 Å². The lowest BCUT2D eigenvalue weighted by Crippen LogP contribution is -2.57. The van der Waals surface area contributed by atoms with Crippen LogP contribution in [0.2, 0.25) is 5.02 Å². The molecule has 2 amide bonds. The highest BCUT2D eigenvalue weighted by Crippen LogP contribution is 2.42. The predicted octanol–water partition coefficient (Wildman–Crippen LogP) is 3.86. The first-order chi connectivity index (χ1) is 19.2. The summed E-state index contributed by atoms with van der Waals surface area (Å²) in [7, 11) is 0. The average molecular weight is 564 g/mol. The lowest BCUT2D eigenvalue weighted by molar-refractivity contribution is -0.136. The van der Waals surface area contributed by atoms with Crippen molar-refractivity contribution in [2.75, 3.05) is 29.9 Å². The van der Waals surface area contributed by atoms with Gasteiger partial charge in [-0.3, -0.25) is 9.59 Å². The number of likely N-dealkylation sites (tertiary alicyclic amines) is 1. The Morgan fingerprint density at radius 2 is 2.00 bits per heavy atom. The van der Waals surface area contributed by atoms with Gasteiger partial charge in [0.15, 0.2) is 0 Å². The lowest BCUT2D eigenvalue weighted by atomic mass is 9.74. The van der Waals surface area contributed by atoms with Gasteiger partial charge in [-0.25, -0.2) is 23.7 Å². The van der Waals surface area contributed by atoms with Gasteiger partial charge in [-0.05, 0) is 31.5 Å². The van der Waals surface area contributed by atoms with E-state index in [1.165, 1.54) is 12.3 Å². The van der Waals surface area contributed by atoms with Crippen molar-refractivity contribution in [2.24, 2.45) is 5.92 Å². The van der Waals surface area contributed by atoms with E-state index in [9.17, 15) is 14.0 Å². The number of aromatic nitrogens is 4. The molecule has 1 saturated carbocycles. The molecule has 7 rings (SSSR count). The van der Waals surface area contributed by atoms with E-state index in [-0.39, 0.29) is 40.9 Å². The highest BCUT2D eigenvalue weighted by Gasteiger charge is 2.48. The third-order valence-corrected chi connectivity index (χ3v) is 8.36. The molecule has 1 N–H and O–H groups in total. The number of hydrogen-bond acceptors (Lipinski definition) is 6.